The van der Waals surface area contributed by atoms with E-state index in [9.17, 15) is 5.11 Å². The summed E-state index contributed by atoms with van der Waals surface area (Å²) in [7, 11) is 3.25. The van der Waals surface area contributed by atoms with Gasteiger partial charge in [-0.15, -0.1) is 0 Å². The highest BCUT2D eigenvalue weighted by molar-refractivity contribution is 5.45. The molecular weight excluding hydrogens is 218 g/mol. The minimum Gasteiger partial charge on any atom is -0.504 e. The van der Waals surface area contributed by atoms with Gasteiger partial charge in [0, 0.05) is 25.8 Å². The zero-order valence-corrected chi connectivity index (χ0v) is 10.8. The summed E-state index contributed by atoms with van der Waals surface area (Å²) < 4.78 is 10.1. The SMILES string of the molecule is CCN(CCOC)Cc1cccc(OC)c1O. The number of methoxy groups -OCH3 is 2. The Morgan fingerprint density at radius 2 is 2.06 bits per heavy atom. The molecule has 0 heterocycles. The van der Waals surface area contributed by atoms with Crippen LogP contribution in [-0.4, -0.2) is 43.9 Å². The number of phenolic OH excluding ortho intramolecular Hbond substituents is 1. The van der Waals surface area contributed by atoms with E-state index in [1.807, 2.05) is 12.1 Å². The van der Waals surface area contributed by atoms with Crippen LogP contribution in [0.25, 0.3) is 0 Å². The van der Waals surface area contributed by atoms with Crippen molar-refractivity contribution >= 4 is 0 Å². The minimum absolute atomic E-state index is 0.228. The van der Waals surface area contributed by atoms with Gasteiger partial charge in [0.1, 0.15) is 0 Å². The lowest BCUT2D eigenvalue weighted by Crippen LogP contribution is -2.26. The van der Waals surface area contributed by atoms with Crippen molar-refractivity contribution in [3.05, 3.63) is 23.8 Å². The van der Waals surface area contributed by atoms with E-state index in [0.717, 1.165) is 18.7 Å². The molecular formula is C13H21NO3. The maximum atomic E-state index is 9.98. The molecule has 0 bridgehead atoms. The van der Waals surface area contributed by atoms with E-state index in [2.05, 4.69) is 11.8 Å². The number of likely N-dealkylation sites (N-methyl/N-ethyl adjacent to an activating group) is 1. The molecule has 0 fully saturated rings. The normalized spacial score (nSPS) is 10.8. The first-order valence-corrected chi connectivity index (χ1v) is 5.79. The Morgan fingerprint density at radius 3 is 2.65 bits per heavy atom. The Kier molecular flexibility index (Phi) is 5.80. The van der Waals surface area contributed by atoms with Crippen LogP contribution in [0.4, 0.5) is 0 Å². The van der Waals surface area contributed by atoms with Gasteiger partial charge in [0.25, 0.3) is 0 Å². The van der Waals surface area contributed by atoms with Crippen molar-refractivity contribution < 1.29 is 14.6 Å². The van der Waals surface area contributed by atoms with Gasteiger partial charge in [-0.05, 0) is 12.6 Å². The fourth-order valence-electron chi connectivity index (χ4n) is 1.67. The number of aromatic hydroxyl groups is 1. The lowest BCUT2D eigenvalue weighted by Gasteiger charge is -2.20. The number of phenols is 1. The van der Waals surface area contributed by atoms with Crippen molar-refractivity contribution in [2.75, 3.05) is 33.9 Å². The first kappa shape index (κ1) is 13.8. The molecule has 0 saturated heterocycles. The molecule has 0 spiro atoms. The Morgan fingerprint density at radius 1 is 1.29 bits per heavy atom. The van der Waals surface area contributed by atoms with E-state index < -0.39 is 0 Å². The molecule has 0 radical (unpaired) electrons. The quantitative estimate of drug-likeness (QED) is 0.788. The van der Waals surface area contributed by atoms with Gasteiger partial charge < -0.3 is 14.6 Å². The van der Waals surface area contributed by atoms with Crippen molar-refractivity contribution in [2.45, 2.75) is 13.5 Å². The summed E-state index contributed by atoms with van der Waals surface area (Å²) in [6.07, 6.45) is 0. The predicted octanol–water partition coefficient (Wildman–Crippen LogP) is 1.87. The monoisotopic (exact) mass is 239 g/mol. The number of hydrogen-bond acceptors (Lipinski definition) is 4. The van der Waals surface area contributed by atoms with Crippen LogP contribution in [0.1, 0.15) is 12.5 Å². The van der Waals surface area contributed by atoms with E-state index in [-0.39, 0.29) is 5.75 Å². The molecule has 1 N–H and O–H groups in total. The lowest BCUT2D eigenvalue weighted by atomic mass is 10.1. The van der Waals surface area contributed by atoms with E-state index in [1.54, 1.807) is 20.3 Å². The van der Waals surface area contributed by atoms with E-state index >= 15 is 0 Å². The molecule has 0 amide bonds. The minimum atomic E-state index is 0.228. The Balaban J connectivity index is 2.72. The summed E-state index contributed by atoms with van der Waals surface area (Å²) in [5.41, 5.74) is 0.877. The van der Waals surface area contributed by atoms with Gasteiger partial charge in [-0.25, -0.2) is 0 Å². The van der Waals surface area contributed by atoms with Crippen LogP contribution in [0, 0.1) is 0 Å². The van der Waals surface area contributed by atoms with E-state index in [4.69, 9.17) is 9.47 Å². The molecule has 1 rings (SSSR count). The van der Waals surface area contributed by atoms with Crippen LogP contribution in [0.15, 0.2) is 18.2 Å². The smallest absolute Gasteiger partial charge is 0.162 e. The van der Waals surface area contributed by atoms with Gasteiger partial charge in [-0.2, -0.15) is 0 Å². The molecule has 0 aliphatic carbocycles. The third kappa shape index (κ3) is 3.91. The highest BCUT2D eigenvalue weighted by Crippen LogP contribution is 2.30. The number of benzene rings is 1. The molecule has 0 aliphatic heterocycles. The summed E-state index contributed by atoms with van der Waals surface area (Å²) in [4.78, 5) is 2.21. The van der Waals surface area contributed by atoms with Crippen molar-refractivity contribution in [3.8, 4) is 11.5 Å². The summed E-state index contributed by atoms with van der Waals surface area (Å²) >= 11 is 0. The maximum Gasteiger partial charge on any atom is 0.162 e. The number of nitrogens with zero attached hydrogens (tertiary/aromatic N) is 1. The van der Waals surface area contributed by atoms with Crippen molar-refractivity contribution in [1.82, 2.24) is 4.90 Å². The molecule has 1 aromatic rings. The molecule has 0 saturated carbocycles. The average molecular weight is 239 g/mol. The first-order chi connectivity index (χ1) is 8.22. The Hall–Kier alpha value is -1.26. The molecule has 0 unspecified atom stereocenters. The summed E-state index contributed by atoms with van der Waals surface area (Å²) in [6.45, 7) is 5.25. The van der Waals surface area contributed by atoms with Gasteiger partial charge in [0.15, 0.2) is 11.5 Å². The Bertz CT molecular complexity index is 341. The van der Waals surface area contributed by atoms with E-state index in [0.29, 0.717) is 18.9 Å². The van der Waals surface area contributed by atoms with Gasteiger partial charge >= 0.3 is 0 Å². The molecule has 0 aromatic heterocycles. The third-order valence-electron chi connectivity index (χ3n) is 2.76. The van der Waals surface area contributed by atoms with Crippen LogP contribution in [0.5, 0.6) is 11.5 Å². The fourth-order valence-corrected chi connectivity index (χ4v) is 1.67. The second-order valence-corrected chi connectivity index (χ2v) is 3.83. The van der Waals surface area contributed by atoms with Crippen LogP contribution in [0.3, 0.4) is 0 Å². The van der Waals surface area contributed by atoms with E-state index in [1.165, 1.54) is 0 Å². The second-order valence-electron chi connectivity index (χ2n) is 3.83. The van der Waals surface area contributed by atoms with Crippen LogP contribution < -0.4 is 4.74 Å². The van der Waals surface area contributed by atoms with Crippen LogP contribution in [-0.2, 0) is 11.3 Å². The highest BCUT2D eigenvalue weighted by Gasteiger charge is 2.10. The molecule has 0 atom stereocenters. The number of hydrogen-bond donors (Lipinski definition) is 1. The zero-order valence-electron chi connectivity index (χ0n) is 10.8. The number of rotatable bonds is 7. The van der Waals surface area contributed by atoms with Gasteiger partial charge in [0.05, 0.1) is 13.7 Å². The molecule has 4 heteroatoms. The van der Waals surface area contributed by atoms with Crippen molar-refractivity contribution in [1.29, 1.82) is 0 Å². The standard InChI is InChI=1S/C13H21NO3/c1-4-14(8-9-16-2)10-11-6-5-7-12(17-3)13(11)15/h5-7,15H,4,8-10H2,1-3H3. The molecule has 1 aromatic carbocycles. The molecule has 96 valence electrons. The van der Waals surface area contributed by atoms with Gasteiger partial charge in [-0.3, -0.25) is 4.90 Å². The number of ether oxygens (including phenoxy) is 2. The lowest BCUT2D eigenvalue weighted by molar-refractivity contribution is 0.147. The molecule has 17 heavy (non-hydrogen) atoms. The molecule has 4 nitrogen and oxygen atoms in total. The number of para-hydroxylation sites is 1. The molecule has 0 aliphatic rings. The zero-order chi connectivity index (χ0) is 12.7. The third-order valence-corrected chi connectivity index (χ3v) is 2.76. The topological polar surface area (TPSA) is 41.9 Å². The first-order valence-electron chi connectivity index (χ1n) is 5.79. The van der Waals surface area contributed by atoms with Crippen molar-refractivity contribution in [3.63, 3.8) is 0 Å². The van der Waals surface area contributed by atoms with Crippen LogP contribution >= 0.6 is 0 Å². The van der Waals surface area contributed by atoms with Gasteiger partial charge in [-0.1, -0.05) is 19.1 Å². The van der Waals surface area contributed by atoms with Gasteiger partial charge in [0.2, 0.25) is 0 Å². The average Bonchev–Trinajstić information content (AvgIpc) is 2.36. The predicted molar refractivity (Wildman–Crippen MR) is 67.5 cm³/mol. The van der Waals surface area contributed by atoms with Crippen molar-refractivity contribution in [2.24, 2.45) is 0 Å². The maximum absolute atomic E-state index is 9.98. The highest BCUT2D eigenvalue weighted by atomic mass is 16.5. The second kappa shape index (κ2) is 7.14. The Labute approximate surface area is 103 Å². The summed E-state index contributed by atoms with van der Waals surface area (Å²) in [5, 5.41) is 9.98. The van der Waals surface area contributed by atoms with Crippen LogP contribution in [0.2, 0.25) is 0 Å². The fraction of sp³-hybridized carbons (Fsp3) is 0.538. The summed E-state index contributed by atoms with van der Waals surface area (Å²) in [5.74, 6) is 0.746. The largest absolute Gasteiger partial charge is 0.504 e. The summed E-state index contributed by atoms with van der Waals surface area (Å²) in [6, 6.07) is 5.55.